The van der Waals surface area contributed by atoms with Gasteiger partial charge in [0.25, 0.3) is 0 Å². The quantitative estimate of drug-likeness (QED) is 0.777. The highest BCUT2D eigenvalue weighted by molar-refractivity contribution is 6.28. The van der Waals surface area contributed by atoms with Gasteiger partial charge < -0.3 is 9.64 Å². The fourth-order valence-corrected chi connectivity index (χ4v) is 1.17. The molecule has 0 aliphatic heterocycles. The van der Waals surface area contributed by atoms with E-state index in [1.54, 1.807) is 19.0 Å². The molecule has 0 N–H and O–H groups in total. The normalized spacial score (nSPS) is 11.4. The van der Waals surface area contributed by atoms with Crippen molar-refractivity contribution in [1.82, 2.24) is 15.0 Å². The molecule has 0 aliphatic carbocycles. The predicted molar refractivity (Wildman–Crippen MR) is 59.9 cm³/mol. The topological polar surface area (TPSA) is 51.1 Å². The van der Waals surface area contributed by atoms with Crippen molar-refractivity contribution in [3.05, 3.63) is 5.28 Å². The van der Waals surface area contributed by atoms with Crippen LogP contribution in [0.2, 0.25) is 5.28 Å². The van der Waals surface area contributed by atoms with Crippen molar-refractivity contribution in [1.29, 1.82) is 0 Å². The second kappa shape index (κ2) is 6.03. The smallest absolute Gasteiger partial charge is 0.389 e. The third-order valence-corrected chi connectivity index (χ3v) is 1.98. The average Bonchev–Trinajstić information content (AvgIpc) is 2.22. The number of ether oxygens (including phenoxy) is 1. The van der Waals surface area contributed by atoms with Crippen LogP contribution in [0.25, 0.3) is 0 Å². The summed E-state index contributed by atoms with van der Waals surface area (Å²) in [5, 5.41) is -0.0699. The van der Waals surface area contributed by atoms with E-state index in [1.807, 2.05) is 0 Å². The highest BCUT2D eigenvalue weighted by atomic mass is 35.5. The lowest BCUT2D eigenvalue weighted by molar-refractivity contribution is -0.136. The molecule has 0 fully saturated rings. The predicted octanol–water partition coefficient (Wildman–Crippen LogP) is 2.31. The minimum absolute atomic E-state index is 0.0699. The molecule has 18 heavy (non-hydrogen) atoms. The third kappa shape index (κ3) is 5.35. The van der Waals surface area contributed by atoms with Crippen LogP contribution in [-0.4, -0.2) is 41.8 Å². The van der Waals surface area contributed by atoms with Crippen LogP contribution < -0.4 is 9.64 Å². The molecule has 1 heterocycles. The lowest BCUT2D eigenvalue weighted by atomic mass is 10.3. The number of hydrogen-bond acceptors (Lipinski definition) is 5. The Morgan fingerprint density at radius 2 is 1.89 bits per heavy atom. The molecular formula is C9H12ClF3N4O. The Hall–Kier alpha value is -1.31. The summed E-state index contributed by atoms with van der Waals surface area (Å²) in [6.45, 7) is -0.132. The molecule has 1 rings (SSSR count). The summed E-state index contributed by atoms with van der Waals surface area (Å²) in [6.07, 6.45) is -5.26. The van der Waals surface area contributed by atoms with E-state index >= 15 is 0 Å². The first kappa shape index (κ1) is 14.7. The Balaban J connectivity index is 2.52. The average molecular weight is 285 g/mol. The Labute approximate surface area is 107 Å². The summed E-state index contributed by atoms with van der Waals surface area (Å²) < 4.78 is 40.7. The maximum atomic E-state index is 11.9. The molecule has 0 radical (unpaired) electrons. The molecule has 0 saturated heterocycles. The van der Waals surface area contributed by atoms with E-state index in [4.69, 9.17) is 16.3 Å². The Morgan fingerprint density at radius 1 is 1.22 bits per heavy atom. The Bertz CT molecular complexity index is 400. The van der Waals surface area contributed by atoms with Crippen molar-refractivity contribution < 1.29 is 17.9 Å². The van der Waals surface area contributed by atoms with E-state index in [9.17, 15) is 13.2 Å². The van der Waals surface area contributed by atoms with E-state index in [2.05, 4.69) is 15.0 Å². The van der Waals surface area contributed by atoms with Gasteiger partial charge in [0.2, 0.25) is 11.2 Å². The van der Waals surface area contributed by atoms with Gasteiger partial charge in [-0.15, -0.1) is 0 Å². The summed E-state index contributed by atoms with van der Waals surface area (Å²) >= 11 is 5.63. The van der Waals surface area contributed by atoms with Gasteiger partial charge in [0, 0.05) is 20.5 Å². The van der Waals surface area contributed by atoms with Gasteiger partial charge in [-0.05, 0) is 18.0 Å². The SMILES string of the molecule is CN(C)c1nc(Cl)nc(OCCCC(F)(F)F)n1. The van der Waals surface area contributed by atoms with E-state index < -0.39 is 12.6 Å². The summed E-state index contributed by atoms with van der Waals surface area (Å²) in [4.78, 5) is 12.9. The molecule has 1 aromatic rings. The fraction of sp³-hybridized carbons (Fsp3) is 0.667. The van der Waals surface area contributed by atoms with Gasteiger partial charge in [0.05, 0.1) is 6.61 Å². The van der Waals surface area contributed by atoms with Crippen molar-refractivity contribution in [2.24, 2.45) is 0 Å². The maximum absolute atomic E-state index is 11.9. The Kier molecular flexibility index (Phi) is 4.94. The number of rotatable bonds is 5. The van der Waals surface area contributed by atoms with E-state index in [0.29, 0.717) is 0 Å². The molecule has 0 bridgehead atoms. The van der Waals surface area contributed by atoms with Crippen LogP contribution in [0.3, 0.4) is 0 Å². The number of anilines is 1. The lowest BCUT2D eigenvalue weighted by Crippen LogP contribution is -2.15. The summed E-state index contributed by atoms with van der Waals surface area (Å²) in [5.41, 5.74) is 0. The first-order valence-electron chi connectivity index (χ1n) is 5.06. The molecule has 1 aromatic heterocycles. The molecule has 0 atom stereocenters. The summed E-state index contributed by atoms with van der Waals surface area (Å²) in [5.74, 6) is 0.279. The van der Waals surface area contributed by atoms with Crippen LogP contribution in [0.5, 0.6) is 6.01 Å². The van der Waals surface area contributed by atoms with Crippen LogP contribution in [0, 0.1) is 0 Å². The van der Waals surface area contributed by atoms with E-state index in [1.165, 1.54) is 0 Å². The van der Waals surface area contributed by atoms with Crippen LogP contribution in [0.15, 0.2) is 0 Å². The number of halogens is 4. The maximum Gasteiger partial charge on any atom is 0.389 e. The highest BCUT2D eigenvalue weighted by Crippen LogP contribution is 2.21. The van der Waals surface area contributed by atoms with Crippen molar-refractivity contribution >= 4 is 17.5 Å². The molecule has 0 spiro atoms. The third-order valence-electron chi connectivity index (χ3n) is 1.81. The van der Waals surface area contributed by atoms with Crippen LogP contribution in [0.1, 0.15) is 12.8 Å². The number of aromatic nitrogens is 3. The zero-order chi connectivity index (χ0) is 13.8. The fourth-order valence-electron chi connectivity index (χ4n) is 1.02. The van der Waals surface area contributed by atoms with Crippen molar-refractivity contribution in [2.75, 3.05) is 25.6 Å². The van der Waals surface area contributed by atoms with Gasteiger partial charge >= 0.3 is 12.2 Å². The van der Waals surface area contributed by atoms with Crippen molar-refractivity contribution in [2.45, 2.75) is 19.0 Å². The molecule has 102 valence electrons. The molecule has 0 amide bonds. The summed E-state index contributed by atoms with van der Waals surface area (Å²) in [7, 11) is 3.39. The highest BCUT2D eigenvalue weighted by Gasteiger charge is 2.26. The van der Waals surface area contributed by atoms with Gasteiger partial charge in [0.15, 0.2) is 0 Å². The first-order valence-corrected chi connectivity index (χ1v) is 5.44. The van der Waals surface area contributed by atoms with Crippen LogP contribution in [-0.2, 0) is 0 Å². The zero-order valence-corrected chi connectivity index (χ0v) is 10.6. The molecule has 5 nitrogen and oxygen atoms in total. The van der Waals surface area contributed by atoms with E-state index in [0.717, 1.165) is 0 Å². The monoisotopic (exact) mass is 284 g/mol. The summed E-state index contributed by atoms with van der Waals surface area (Å²) in [6, 6.07) is -0.0825. The van der Waals surface area contributed by atoms with Crippen LogP contribution >= 0.6 is 11.6 Å². The number of nitrogens with zero attached hydrogens (tertiary/aromatic N) is 4. The molecule has 0 aliphatic rings. The molecule has 0 aromatic carbocycles. The second-order valence-electron chi connectivity index (χ2n) is 3.65. The number of hydrogen-bond donors (Lipinski definition) is 0. The minimum Gasteiger partial charge on any atom is -0.463 e. The number of alkyl halides is 3. The molecule has 0 unspecified atom stereocenters. The van der Waals surface area contributed by atoms with Crippen molar-refractivity contribution in [3.63, 3.8) is 0 Å². The van der Waals surface area contributed by atoms with Gasteiger partial charge in [-0.25, -0.2) is 0 Å². The van der Waals surface area contributed by atoms with E-state index in [-0.39, 0.29) is 30.3 Å². The second-order valence-corrected chi connectivity index (χ2v) is 3.99. The van der Waals surface area contributed by atoms with Crippen LogP contribution in [0.4, 0.5) is 19.1 Å². The minimum atomic E-state index is -4.19. The first-order chi connectivity index (χ1) is 8.28. The van der Waals surface area contributed by atoms with Crippen molar-refractivity contribution in [3.8, 4) is 6.01 Å². The largest absolute Gasteiger partial charge is 0.463 e. The standard InChI is InChI=1S/C9H12ClF3N4O/c1-17(2)7-14-6(10)15-8(16-7)18-5-3-4-9(11,12)13/h3-5H2,1-2H3. The van der Waals surface area contributed by atoms with Gasteiger partial charge in [-0.3, -0.25) is 0 Å². The zero-order valence-electron chi connectivity index (χ0n) is 9.83. The van der Waals surface area contributed by atoms with Gasteiger partial charge in [-0.1, -0.05) is 0 Å². The molecular weight excluding hydrogens is 273 g/mol. The molecule has 9 heteroatoms. The van der Waals surface area contributed by atoms with Gasteiger partial charge in [-0.2, -0.15) is 28.1 Å². The lowest BCUT2D eigenvalue weighted by Gasteiger charge is -2.11. The van der Waals surface area contributed by atoms with Gasteiger partial charge in [0.1, 0.15) is 0 Å². The Morgan fingerprint density at radius 3 is 2.44 bits per heavy atom. The molecule has 0 saturated carbocycles.